The molecule has 0 unspecified atom stereocenters. The van der Waals surface area contributed by atoms with Crippen molar-refractivity contribution in [2.45, 2.75) is 18.2 Å². The Hall–Kier alpha value is -2.80. The second-order valence-electron chi connectivity index (χ2n) is 5.48. The number of aryl methyl sites for hydroxylation is 1. The minimum absolute atomic E-state index is 0.108. The first-order valence-corrected chi connectivity index (χ1v) is 9.59. The van der Waals surface area contributed by atoms with Crippen LogP contribution in [-0.2, 0) is 16.4 Å². The van der Waals surface area contributed by atoms with Crippen LogP contribution in [0.4, 0.5) is 5.69 Å². The molecule has 7 heteroatoms. The van der Waals surface area contributed by atoms with Gasteiger partial charge in [0.2, 0.25) is 0 Å². The molecule has 26 heavy (non-hydrogen) atoms. The third-order valence-electron chi connectivity index (χ3n) is 3.77. The Morgan fingerprint density at radius 1 is 1.23 bits per heavy atom. The van der Waals surface area contributed by atoms with Crippen molar-refractivity contribution in [1.29, 1.82) is 0 Å². The van der Waals surface area contributed by atoms with Crippen LogP contribution in [-0.4, -0.2) is 28.0 Å². The zero-order valence-corrected chi connectivity index (χ0v) is 15.6. The van der Waals surface area contributed by atoms with Crippen LogP contribution < -0.4 is 14.8 Å². The highest BCUT2D eigenvalue weighted by atomic mass is 32.2. The molecule has 0 radical (unpaired) electrons. The van der Waals surface area contributed by atoms with Crippen molar-refractivity contribution in [3.8, 4) is 5.75 Å². The number of benzene rings is 2. The number of carbonyl (C=O) groups excluding carboxylic acids is 1. The Bertz CT molecular complexity index is 908. The number of rotatable bonds is 8. The average Bonchev–Trinajstić information content (AvgIpc) is 2.65. The van der Waals surface area contributed by atoms with Gasteiger partial charge in [-0.15, -0.1) is 6.58 Å². The number of ether oxygens (including phenoxy) is 1. The Balaban J connectivity index is 2.36. The minimum atomic E-state index is -3.85. The molecule has 2 N–H and O–H groups in total. The molecule has 0 bridgehead atoms. The van der Waals surface area contributed by atoms with Gasteiger partial charge in [-0.05, 0) is 42.3 Å². The van der Waals surface area contributed by atoms with Gasteiger partial charge in [0.1, 0.15) is 5.75 Å². The Kier molecular flexibility index (Phi) is 6.41. The molecule has 0 atom stereocenters. The van der Waals surface area contributed by atoms with Crippen molar-refractivity contribution in [2.24, 2.45) is 0 Å². The number of hydrogen-bond donors (Lipinski definition) is 2. The molecule has 0 aliphatic rings. The molecule has 138 valence electrons. The quantitative estimate of drug-likeness (QED) is 0.696. The van der Waals surface area contributed by atoms with E-state index in [0.717, 1.165) is 5.56 Å². The number of sulfonamides is 1. The summed E-state index contributed by atoms with van der Waals surface area (Å²) < 4.78 is 33.2. The maximum atomic E-state index is 12.8. The lowest BCUT2D eigenvalue weighted by molar-refractivity contribution is 0.0959. The van der Waals surface area contributed by atoms with E-state index in [-0.39, 0.29) is 28.6 Å². The van der Waals surface area contributed by atoms with Crippen LogP contribution in [0.2, 0.25) is 0 Å². The molecule has 1 amide bonds. The number of methoxy groups -OCH3 is 1. The van der Waals surface area contributed by atoms with Crippen molar-refractivity contribution < 1.29 is 17.9 Å². The highest BCUT2D eigenvalue weighted by Gasteiger charge is 2.19. The molecule has 6 nitrogen and oxygen atoms in total. The molecule has 0 aliphatic heterocycles. The summed E-state index contributed by atoms with van der Waals surface area (Å²) >= 11 is 0. The first-order chi connectivity index (χ1) is 12.4. The van der Waals surface area contributed by atoms with Crippen LogP contribution in [0.5, 0.6) is 5.75 Å². The molecule has 0 fully saturated rings. The Labute approximate surface area is 153 Å². The zero-order chi connectivity index (χ0) is 19.2. The number of carbonyl (C=O) groups is 1. The summed E-state index contributed by atoms with van der Waals surface area (Å²) in [5.41, 5.74) is 1.23. The summed E-state index contributed by atoms with van der Waals surface area (Å²) in [7, 11) is -2.31. The maximum Gasteiger partial charge on any atom is 0.261 e. The van der Waals surface area contributed by atoms with Gasteiger partial charge < -0.3 is 10.1 Å². The number of amides is 1. The second kappa shape index (κ2) is 8.53. The molecule has 2 rings (SSSR count). The van der Waals surface area contributed by atoms with Gasteiger partial charge >= 0.3 is 0 Å². The highest BCUT2D eigenvalue weighted by Crippen LogP contribution is 2.25. The Morgan fingerprint density at radius 3 is 2.62 bits per heavy atom. The van der Waals surface area contributed by atoms with Crippen LogP contribution in [0.25, 0.3) is 0 Å². The van der Waals surface area contributed by atoms with E-state index >= 15 is 0 Å². The summed E-state index contributed by atoms with van der Waals surface area (Å²) in [6.45, 7) is 5.75. The lowest BCUT2D eigenvalue weighted by Crippen LogP contribution is -2.25. The van der Waals surface area contributed by atoms with Crippen LogP contribution in [0.1, 0.15) is 22.8 Å². The third-order valence-corrected chi connectivity index (χ3v) is 5.13. The number of para-hydroxylation sites is 1. The molecule has 0 saturated carbocycles. The molecule has 0 heterocycles. The lowest BCUT2D eigenvalue weighted by atomic mass is 10.1. The van der Waals surface area contributed by atoms with Gasteiger partial charge in [-0.2, -0.15) is 0 Å². The van der Waals surface area contributed by atoms with Gasteiger partial charge in [0.15, 0.2) is 0 Å². The molecule has 0 aliphatic carbocycles. The van der Waals surface area contributed by atoms with Crippen LogP contribution in [0.3, 0.4) is 0 Å². The smallest absolute Gasteiger partial charge is 0.261 e. The van der Waals surface area contributed by atoms with E-state index in [0.29, 0.717) is 12.2 Å². The third kappa shape index (κ3) is 4.43. The molecule has 2 aromatic carbocycles. The van der Waals surface area contributed by atoms with Gasteiger partial charge in [-0.25, -0.2) is 8.42 Å². The van der Waals surface area contributed by atoms with E-state index in [9.17, 15) is 13.2 Å². The molecule has 2 aromatic rings. The second-order valence-corrected chi connectivity index (χ2v) is 7.16. The normalized spacial score (nSPS) is 10.8. The van der Waals surface area contributed by atoms with E-state index < -0.39 is 10.0 Å². The molecule has 0 aromatic heterocycles. The summed E-state index contributed by atoms with van der Waals surface area (Å²) in [4.78, 5) is 12.3. The summed E-state index contributed by atoms with van der Waals surface area (Å²) in [5.74, 6) is 0.253. The molecular weight excluding hydrogens is 352 g/mol. The SMILES string of the molecule is C=CCNC(=O)c1ccccc1NS(=O)(=O)c1ccc(OC)c(CC)c1. The summed E-state index contributed by atoms with van der Waals surface area (Å²) in [6.07, 6.45) is 2.18. The first-order valence-electron chi connectivity index (χ1n) is 8.10. The fourth-order valence-corrected chi connectivity index (χ4v) is 3.56. The van der Waals surface area contributed by atoms with Crippen molar-refractivity contribution in [2.75, 3.05) is 18.4 Å². The predicted octanol–water partition coefficient (Wildman–Crippen LogP) is 2.97. The first kappa shape index (κ1) is 19.5. The zero-order valence-electron chi connectivity index (χ0n) is 14.8. The standard InChI is InChI=1S/C19H22N2O4S/c1-4-12-20-19(22)16-8-6-7-9-17(16)21-26(23,24)15-10-11-18(25-3)14(5-2)13-15/h4,6-11,13,21H,1,5,12H2,2-3H3,(H,20,22). The van der Waals surface area contributed by atoms with Crippen LogP contribution in [0, 0.1) is 0 Å². The molecule has 0 spiro atoms. The van der Waals surface area contributed by atoms with Gasteiger partial charge in [-0.1, -0.05) is 25.1 Å². The summed E-state index contributed by atoms with van der Waals surface area (Å²) in [5, 5.41) is 2.64. The predicted molar refractivity (Wildman–Crippen MR) is 102 cm³/mol. The number of anilines is 1. The average molecular weight is 374 g/mol. The Morgan fingerprint density at radius 2 is 1.96 bits per heavy atom. The lowest BCUT2D eigenvalue weighted by Gasteiger charge is -2.14. The van der Waals surface area contributed by atoms with Crippen LogP contribution >= 0.6 is 0 Å². The largest absolute Gasteiger partial charge is 0.496 e. The van der Waals surface area contributed by atoms with Crippen molar-refractivity contribution in [3.63, 3.8) is 0 Å². The van der Waals surface area contributed by atoms with E-state index in [1.54, 1.807) is 49.6 Å². The monoisotopic (exact) mass is 374 g/mol. The maximum absolute atomic E-state index is 12.8. The van der Waals surface area contributed by atoms with E-state index in [4.69, 9.17) is 4.74 Å². The van der Waals surface area contributed by atoms with Crippen LogP contribution in [0.15, 0.2) is 60.0 Å². The van der Waals surface area contributed by atoms with E-state index in [1.807, 2.05) is 6.92 Å². The molecular formula is C19H22N2O4S. The van der Waals surface area contributed by atoms with Gasteiger partial charge in [0.05, 0.1) is 23.3 Å². The minimum Gasteiger partial charge on any atom is -0.496 e. The van der Waals surface area contributed by atoms with Gasteiger partial charge in [0, 0.05) is 6.54 Å². The van der Waals surface area contributed by atoms with Gasteiger partial charge in [0.25, 0.3) is 15.9 Å². The highest BCUT2D eigenvalue weighted by molar-refractivity contribution is 7.92. The number of nitrogens with one attached hydrogen (secondary N) is 2. The van der Waals surface area contributed by atoms with Crippen molar-refractivity contribution in [3.05, 3.63) is 66.2 Å². The van der Waals surface area contributed by atoms with Crippen molar-refractivity contribution in [1.82, 2.24) is 5.32 Å². The topological polar surface area (TPSA) is 84.5 Å². The van der Waals surface area contributed by atoms with Gasteiger partial charge in [-0.3, -0.25) is 9.52 Å². The van der Waals surface area contributed by atoms with E-state index in [2.05, 4.69) is 16.6 Å². The number of hydrogen-bond acceptors (Lipinski definition) is 4. The fraction of sp³-hybridized carbons (Fsp3) is 0.211. The fourth-order valence-electron chi connectivity index (χ4n) is 2.43. The van der Waals surface area contributed by atoms with E-state index in [1.165, 1.54) is 6.07 Å². The van der Waals surface area contributed by atoms with Crippen molar-refractivity contribution >= 4 is 21.6 Å². The summed E-state index contributed by atoms with van der Waals surface area (Å²) in [6, 6.07) is 11.1. The molecule has 0 saturated heterocycles.